The van der Waals surface area contributed by atoms with E-state index in [0.717, 1.165) is 0 Å². The molecule has 2 aliphatic rings. The molecule has 0 atom stereocenters. The molecular formula is C21H20ClN3O4. The first-order valence-corrected chi connectivity index (χ1v) is 9.67. The lowest BCUT2D eigenvalue weighted by Crippen LogP contribution is -2.52. The van der Waals surface area contributed by atoms with Crippen LogP contribution in [0.5, 0.6) is 5.75 Å². The number of hydrogen-bond acceptors (Lipinski definition) is 5. The number of hydrogen-bond donors (Lipinski definition) is 0. The molecule has 4 rings (SSSR count). The van der Waals surface area contributed by atoms with Gasteiger partial charge in [-0.1, -0.05) is 11.6 Å². The highest BCUT2D eigenvalue weighted by Gasteiger charge is 2.37. The number of carbonyl (C=O) groups is 3. The zero-order chi connectivity index (χ0) is 20.5. The van der Waals surface area contributed by atoms with Crippen LogP contribution in [0.3, 0.4) is 0 Å². The van der Waals surface area contributed by atoms with Gasteiger partial charge >= 0.3 is 5.91 Å². The van der Waals surface area contributed by atoms with E-state index in [2.05, 4.69) is 4.90 Å². The molecule has 29 heavy (non-hydrogen) atoms. The number of anilines is 1. The molecular weight excluding hydrogens is 394 g/mol. The first-order chi connectivity index (χ1) is 14.0. The fraction of sp³-hybridized carbons (Fsp3) is 0.286. The second-order valence-corrected chi connectivity index (χ2v) is 7.44. The maximum absolute atomic E-state index is 12.6. The van der Waals surface area contributed by atoms with E-state index in [4.69, 9.17) is 16.3 Å². The van der Waals surface area contributed by atoms with E-state index in [0.29, 0.717) is 60.4 Å². The Kier molecular flexibility index (Phi) is 5.25. The third-order valence-corrected chi connectivity index (χ3v) is 5.52. The smallest absolute Gasteiger partial charge is 0.300 e. The molecule has 0 bridgehead atoms. The Morgan fingerprint density at radius 1 is 1.03 bits per heavy atom. The van der Waals surface area contributed by atoms with E-state index >= 15 is 0 Å². The topological polar surface area (TPSA) is 70.2 Å². The molecule has 2 aromatic carbocycles. The summed E-state index contributed by atoms with van der Waals surface area (Å²) < 4.78 is 5.22. The highest BCUT2D eigenvalue weighted by atomic mass is 35.5. The summed E-state index contributed by atoms with van der Waals surface area (Å²) >= 11 is 5.88. The maximum Gasteiger partial charge on any atom is 0.300 e. The Morgan fingerprint density at radius 2 is 1.72 bits per heavy atom. The van der Waals surface area contributed by atoms with Gasteiger partial charge < -0.3 is 9.64 Å². The average Bonchev–Trinajstić information content (AvgIpc) is 2.98. The number of nitrogens with zero attached hydrogens (tertiary/aromatic N) is 3. The number of methoxy groups -OCH3 is 1. The molecule has 2 heterocycles. The number of amides is 2. The zero-order valence-electron chi connectivity index (χ0n) is 15.9. The van der Waals surface area contributed by atoms with E-state index in [1.807, 2.05) is 0 Å². The lowest BCUT2D eigenvalue weighted by atomic mass is 10.1. The molecule has 8 heteroatoms. The molecule has 0 unspecified atom stereocenters. The van der Waals surface area contributed by atoms with Gasteiger partial charge in [-0.25, -0.2) is 0 Å². The summed E-state index contributed by atoms with van der Waals surface area (Å²) in [6, 6.07) is 11.8. The number of carbonyl (C=O) groups excluding carboxylic acids is 3. The molecule has 0 N–H and O–H groups in total. The van der Waals surface area contributed by atoms with Crippen molar-refractivity contribution < 1.29 is 19.1 Å². The lowest BCUT2D eigenvalue weighted by molar-refractivity contribution is -0.114. The number of fused-ring (bicyclic) bond motifs is 1. The predicted octanol–water partition coefficient (Wildman–Crippen LogP) is 2.29. The number of rotatable bonds is 4. The van der Waals surface area contributed by atoms with Crippen molar-refractivity contribution in [3.8, 4) is 5.75 Å². The number of Topliss-reactive ketones (excluding diaryl/α,β-unsaturated/α-hetero) is 1. The molecule has 0 spiro atoms. The van der Waals surface area contributed by atoms with Gasteiger partial charge in [0.05, 0.1) is 25.0 Å². The van der Waals surface area contributed by atoms with Gasteiger partial charge in [0.1, 0.15) is 5.75 Å². The van der Waals surface area contributed by atoms with Crippen molar-refractivity contribution in [1.29, 1.82) is 0 Å². The Bertz CT molecular complexity index is 968. The molecule has 1 saturated heterocycles. The van der Waals surface area contributed by atoms with E-state index in [-0.39, 0.29) is 5.91 Å². The molecule has 0 aliphatic carbocycles. The van der Waals surface area contributed by atoms with E-state index in [1.54, 1.807) is 54.5 Å². The van der Waals surface area contributed by atoms with Crippen LogP contribution in [0.1, 0.15) is 20.7 Å². The van der Waals surface area contributed by atoms with Crippen molar-refractivity contribution in [1.82, 2.24) is 9.80 Å². The first kappa shape index (κ1) is 19.4. The quantitative estimate of drug-likeness (QED) is 0.719. The van der Waals surface area contributed by atoms with Gasteiger partial charge in [-0.2, -0.15) is 0 Å². The Morgan fingerprint density at radius 3 is 2.38 bits per heavy atom. The largest absolute Gasteiger partial charge is 0.497 e. The van der Waals surface area contributed by atoms with Crippen molar-refractivity contribution in [2.24, 2.45) is 0 Å². The van der Waals surface area contributed by atoms with Gasteiger partial charge in [0, 0.05) is 42.8 Å². The molecule has 2 aromatic rings. The third-order valence-electron chi connectivity index (χ3n) is 5.27. The van der Waals surface area contributed by atoms with Crippen LogP contribution >= 0.6 is 11.6 Å². The summed E-state index contributed by atoms with van der Waals surface area (Å²) in [5.41, 5.74) is 1.57. The fourth-order valence-corrected chi connectivity index (χ4v) is 3.73. The van der Waals surface area contributed by atoms with Crippen molar-refractivity contribution in [2.75, 3.05) is 44.9 Å². The van der Waals surface area contributed by atoms with Crippen LogP contribution in [-0.2, 0) is 4.79 Å². The van der Waals surface area contributed by atoms with Crippen LogP contribution < -0.4 is 9.64 Å². The SMILES string of the molecule is COc1ccc2c(c1)N(CN1CCN(C(=O)c3ccc(Cl)cc3)CC1)C(=O)C2=O. The summed E-state index contributed by atoms with van der Waals surface area (Å²) in [4.78, 5) is 42.7. The molecule has 0 saturated carbocycles. The molecule has 0 radical (unpaired) electrons. The molecule has 2 amide bonds. The van der Waals surface area contributed by atoms with E-state index in [1.165, 1.54) is 4.90 Å². The normalized spacial score (nSPS) is 16.9. The van der Waals surface area contributed by atoms with Gasteiger partial charge in [-0.15, -0.1) is 0 Å². The highest BCUT2D eigenvalue weighted by molar-refractivity contribution is 6.52. The third kappa shape index (κ3) is 3.71. The highest BCUT2D eigenvalue weighted by Crippen LogP contribution is 2.32. The van der Waals surface area contributed by atoms with E-state index in [9.17, 15) is 14.4 Å². The van der Waals surface area contributed by atoms with Gasteiger partial charge in [0.25, 0.3) is 11.7 Å². The van der Waals surface area contributed by atoms with Crippen LogP contribution in [0.15, 0.2) is 42.5 Å². The summed E-state index contributed by atoms with van der Waals surface area (Å²) in [6.45, 7) is 2.60. The van der Waals surface area contributed by atoms with Gasteiger partial charge in [-0.3, -0.25) is 24.2 Å². The molecule has 2 aliphatic heterocycles. The maximum atomic E-state index is 12.6. The summed E-state index contributed by atoms with van der Waals surface area (Å²) in [6.07, 6.45) is 0. The standard InChI is InChI=1S/C21H20ClN3O4/c1-29-16-6-7-17-18(12-16)25(21(28)19(17)26)13-23-8-10-24(11-9-23)20(27)14-2-4-15(22)5-3-14/h2-7,12H,8-11,13H2,1H3. The molecule has 0 aromatic heterocycles. The Hall–Kier alpha value is -2.90. The first-order valence-electron chi connectivity index (χ1n) is 9.29. The Labute approximate surface area is 173 Å². The fourth-order valence-electron chi connectivity index (χ4n) is 3.61. The molecule has 150 valence electrons. The van der Waals surface area contributed by atoms with Crippen LogP contribution in [0, 0.1) is 0 Å². The monoisotopic (exact) mass is 413 g/mol. The number of ether oxygens (including phenoxy) is 1. The van der Waals surface area contributed by atoms with Crippen LogP contribution in [-0.4, -0.2) is 67.4 Å². The zero-order valence-corrected chi connectivity index (χ0v) is 16.7. The van der Waals surface area contributed by atoms with Crippen molar-refractivity contribution in [2.45, 2.75) is 0 Å². The minimum absolute atomic E-state index is 0.0381. The van der Waals surface area contributed by atoms with Gasteiger partial charge in [0.15, 0.2) is 0 Å². The molecule has 7 nitrogen and oxygen atoms in total. The van der Waals surface area contributed by atoms with Crippen LogP contribution in [0.2, 0.25) is 5.02 Å². The minimum Gasteiger partial charge on any atom is -0.497 e. The number of halogens is 1. The van der Waals surface area contributed by atoms with Crippen LogP contribution in [0.25, 0.3) is 0 Å². The number of piperazine rings is 1. The predicted molar refractivity (Wildman–Crippen MR) is 109 cm³/mol. The van der Waals surface area contributed by atoms with Crippen molar-refractivity contribution in [3.05, 3.63) is 58.6 Å². The summed E-state index contributed by atoms with van der Waals surface area (Å²) in [7, 11) is 1.54. The second kappa shape index (κ2) is 7.85. The van der Waals surface area contributed by atoms with Gasteiger partial charge in [0.2, 0.25) is 0 Å². The lowest BCUT2D eigenvalue weighted by Gasteiger charge is -2.36. The summed E-state index contributed by atoms with van der Waals surface area (Å²) in [5, 5.41) is 0.591. The minimum atomic E-state index is -0.534. The van der Waals surface area contributed by atoms with Gasteiger partial charge in [-0.05, 0) is 36.4 Å². The molecule has 1 fully saturated rings. The van der Waals surface area contributed by atoms with Crippen LogP contribution in [0.4, 0.5) is 5.69 Å². The second-order valence-electron chi connectivity index (χ2n) is 7.00. The summed E-state index contributed by atoms with van der Waals surface area (Å²) in [5.74, 6) is -0.481. The van der Waals surface area contributed by atoms with E-state index < -0.39 is 11.7 Å². The average molecular weight is 414 g/mol. The number of benzene rings is 2. The van der Waals surface area contributed by atoms with Crippen molar-refractivity contribution >= 4 is 34.9 Å². The Balaban J connectivity index is 1.41. The number of ketones is 1. The van der Waals surface area contributed by atoms with Crippen molar-refractivity contribution in [3.63, 3.8) is 0 Å².